The zero-order valence-electron chi connectivity index (χ0n) is 19.2. The maximum atomic E-state index is 15.0. The van der Waals surface area contributed by atoms with E-state index in [-0.39, 0.29) is 30.5 Å². The number of anilines is 2. The van der Waals surface area contributed by atoms with Gasteiger partial charge in [0.2, 0.25) is 5.91 Å². The van der Waals surface area contributed by atoms with Gasteiger partial charge in [0.15, 0.2) is 0 Å². The van der Waals surface area contributed by atoms with Crippen LogP contribution in [-0.2, 0) is 14.3 Å². The van der Waals surface area contributed by atoms with Gasteiger partial charge in [0.25, 0.3) is 5.91 Å². The van der Waals surface area contributed by atoms with Crippen molar-refractivity contribution in [1.29, 1.82) is 5.26 Å². The number of piperidine rings is 1. The van der Waals surface area contributed by atoms with Crippen molar-refractivity contribution in [3.63, 3.8) is 0 Å². The molecule has 1 aromatic carbocycles. The van der Waals surface area contributed by atoms with Crippen LogP contribution in [0.1, 0.15) is 32.6 Å². The zero-order chi connectivity index (χ0) is 24.2. The number of nitrogens with one attached hydrogen (secondary N) is 1. The van der Waals surface area contributed by atoms with Gasteiger partial charge in [-0.3, -0.25) is 14.5 Å². The topological polar surface area (TPSA) is 106 Å². The van der Waals surface area contributed by atoms with Crippen LogP contribution < -0.4 is 15.1 Å². The fourth-order valence-electron chi connectivity index (χ4n) is 4.64. The smallest absolute Gasteiger partial charge is 0.414 e. The van der Waals surface area contributed by atoms with Crippen molar-refractivity contribution in [2.24, 2.45) is 0 Å². The second-order valence-electron chi connectivity index (χ2n) is 8.77. The van der Waals surface area contributed by atoms with Gasteiger partial charge in [-0.2, -0.15) is 5.26 Å². The molecule has 9 nitrogen and oxygen atoms in total. The number of cyclic esters (lactones) is 1. The first-order valence-corrected chi connectivity index (χ1v) is 11.6. The van der Waals surface area contributed by atoms with Crippen molar-refractivity contribution in [2.75, 3.05) is 49.1 Å². The maximum Gasteiger partial charge on any atom is 0.414 e. The third-order valence-electron chi connectivity index (χ3n) is 6.48. The highest BCUT2D eigenvalue weighted by atomic mass is 19.1. The lowest BCUT2D eigenvalue weighted by atomic mass is 9.97. The number of hydrogen-bond donors (Lipinski definition) is 1. The van der Waals surface area contributed by atoms with Crippen LogP contribution in [-0.4, -0.2) is 68.2 Å². The fraction of sp³-hybridized carbons (Fsp3) is 0.500. The van der Waals surface area contributed by atoms with Crippen molar-refractivity contribution in [3.05, 3.63) is 35.2 Å². The third-order valence-corrected chi connectivity index (χ3v) is 6.48. The Balaban J connectivity index is 1.40. The van der Waals surface area contributed by atoms with Crippen LogP contribution in [0.15, 0.2) is 29.3 Å². The molecular formula is C24H28FN5O4. The number of nitriles is 1. The van der Waals surface area contributed by atoms with Gasteiger partial charge in [0, 0.05) is 33.1 Å². The number of rotatable bonds is 5. The highest BCUT2D eigenvalue weighted by molar-refractivity contribution is 5.98. The molecule has 3 aliphatic rings. The van der Waals surface area contributed by atoms with Crippen molar-refractivity contribution >= 4 is 29.3 Å². The summed E-state index contributed by atoms with van der Waals surface area (Å²) in [6, 6.07) is 6.71. The number of carbonyl (C=O) groups is 3. The number of amides is 3. The number of halogens is 1. The molecule has 180 valence electrons. The molecule has 0 saturated carbocycles. The summed E-state index contributed by atoms with van der Waals surface area (Å²) in [6.07, 6.45) is 1.90. The Kier molecular flexibility index (Phi) is 7.01. The Bertz CT molecular complexity index is 1050. The SMILES string of the molecule is CC(=O)NC[C@H]1CN(c2ccc(N3CCC(=C(C#N)C(=O)N4CCCC4)CC3)c(F)c2)C(=O)O1. The van der Waals surface area contributed by atoms with E-state index in [0.29, 0.717) is 50.4 Å². The number of carbonyl (C=O) groups excluding carboxylic acids is 3. The van der Waals surface area contributed by atoms with Gasteiger partial charge >= 0.3 is 6.09 Å². The Morgan fingerprint density at radius 1 is 1.21 bits per heavy atom. The quantitative estimate of drug-likeness (QED) is 0.524. The molecule has 4 rings (SSSR count). The molecule has 1 aromatic rings. The van der Waals surface area contributed by atoms with Crippen LogP contribution in [0, 0.1) is 17.1 Å². The second-order valence-corrected chi connectivity index (χ2v) is 8.77. The van der Waals surface area contributed by atoms with E-state index in [2.05, 4.69) is 11.4 Å². The Morgan fingerprint density at radius 2 is 1.91 bits per heavy atom. The predicted octanol–water partition coefficient (Wildman–Crippen LogP) is 2.33. The molecule has 0 aliphatic carbocycles. The van der Waals surface area contributed by atoms with E-state index in [1.165, 1.54) is 17.9 Å². The molecule has 1 atom stereocenters. The average Bonchev–Trinajstić information content (AvgIpc) is 3.49. The minimum atomic E-state index is -0.582. The molecule has 1 N–H and O–H groups in total. The molecule has 0 spiro atoms. The first-order chi connectivity index (χ1) is 16.4. The number of ether oxygens (including phenoxy) is 1. The van der Waals surface area contributed by atoms with Gasteiger partial charge in [-0.15, -0.1) is 0 Å². The lowest BCUT2D eigenvalue weighted by molar-refractivity contribution is -0.125. The van der Waals surface area contributed by atoms with Gasteiger partial charge in [-0.05, 0) is 49.5 Å². The van der Waals surface area contributed by atoms with E-state index in [1.54, 1.807) is 17.0 Å². The number of hydrogen-bond acceptors (Lipinski definition) is 6. The lowest BCUT2D eigenvalue weighted by Crippen LogP contribution is -2.34. The first kappa shape index (κ1) is 23.5. The molecule has 0 unspecified atom stereocenters. The van der Waals surface area contributed by atoms with Crippen molar-refractivity contribution in [3.8, 4) is 6.07 Å². The number of benzene rings is 1. The predicted molar refractivity (Wildman–Crippen MR) is 123 cm³/mol. The minimum Gasteiger partial charge on any atom is -0.442 e. The molecule has 34 heavy (non-hydrogen) atoms. The van der Waals surface area contributed by atoms with Gasteiger partial charge in [-0.25, -0.2) is 9.18 Å². The summed E-state index contributed by atoms with van der Waals surface area (Å²) in [7, 11) is 0. The summed E-state index contributed by atoms with van der Waals surface area (Å²) in [5.74, 6) is -0.864. The van der Waals surface area contributed by atoms with E-state index >= 15 is 4.39 Å². The first-order valence-electron chi connectivity index (χ1n) is 11.6. The molecule has 3 aliphatic heterocycles. The monoisotopic (exact) mass is 469 g/mol. The van der Waals surface area contributed by atoms with Gasteiger partial charge < -0.3 is 19.9 Å². The van der Waals surface area contributed by atoms with Crippen LogP contribution in [0.5, 0.6) is 0 Å². The summed E-state index contributed by atoms with van der Waals surface area (Å²) >= 11 is 0. The fourth-order valence-corrected chi connectivity index (χ4v) is 4.64. The molecule has 0 bridgehead atoms. The maximum absolute atomic E-state index is 15.0. The molecule has 3 amide bonds. The molecule has 10 heteroatoms. The van der Waals surface area contributed by atoms with Crippen molar-refractivity contribution < 1.29 is 23.5 Å². The summed E-state index contributed by atoms with van der Waals surface area (Å²) in [4.78, 5) is 40.9. The summed E-state index contributed by atoms with van der Waals surface area (Å²) < 4.78 is 20.3. The van der Waals surface area contributed by atoms with E-state index < -0.39 is 18.0 Å². The van der Waals surface area contributed by atoms with Crippen LogP contribution in [0.3, 0.4) is 0 Å². The molecule has 3 saturated heterocycles. The van der Waals surface area contributed by atoms with E-state index in [1.807, 2.05) is 4.90 Å². The number of nitrogens with zero attached hydrogens (tertiary/aromatic N) is 4. The van der Waals surface area contributed by atoms with Crippen LogP contribution in [0.4, 0.5) is 20.6 Å². The summed E-state index contributed by atoms with van der Waals surface area (Å²) in [6.45, 7) is 4.18. The van der Waals surface area contributed by atoms with Gasteiger partial charge in [0.1, 0.15) is 23.6 Å². The Morgan fingerprint density at radius 3 is 2.53 bits per heavy atom. The summed E-state index contributed by atoms with van der Waals surface area (Å²) in [5, 5.41) is 12.2. The normalized spacial score (nSPS) is 20.3. The molecule has 3 heterocycles. The van der Waals surface area contributed by atoms with E-state index in [4.69, 9.17) is 4.74 Å². The van der Waals surface area contributed by atoms with Gasteiger partial charge in [-0.1, -0.05) is 0 Å². The standard InChI is InChI=1S/C24H28FN5O4/c1-16(31)27-14-19-15-30(24(33)34-19)18-4-5-22(21(25)12-18)28-10-6-17(7-11-28)20(13-26)23(32)29-8-2-3-9-29/h4-5,12,19H,2-3,6-11,14-15H2,1H3,(H,27,31)/t19-/m0/s1. The molecular weight excluding hydrogens is 441 g/mol. The largest absolute Gasteiger partial charge is 0.442 e. The molecule has 0 aromatic heterocycles. The van der Waals surface area contributed by atoms with E-state index in [9.17, 15) is 19.6 Å². The number of likely N-dealkylation sites (tertiary alicyclic amines) is 1. The minimum absolute atomic E-state index is 0.187. The second kappa shape index (κ2) is 10.1. The summed E-state index contributed by atoms with van der Waals surface area (Å²) in [5.41, 5.74) is 1.86. The van der Waals surface area contributed by atoms with Gasteiger partial charge in [0.05, 0.1) is 24.5 Å². The van der Waals surface area contributed by atoms with E-state index in [0.717, 1.165) is 18.4 Å². The highest BCUT2D eigenvalue weighted by Crippen LogP contribution is 2.31. The highest BCUT2D eigenvalue weighted by Gasteiger charge is 2.33. The molecule has 3 fully saturated rings. The third kappa shape index (κ3) is 4.98. The van der Waals surface area contributed by atoms with Crippen molar-refractivity contribution in [2.45, 2.75) is 38.7 Å². The lowest BCUT2D eigenvalue weighted by Gasteiger charge is -2.31. The van der Waals surface area contributed by atoms with Crippen LogP contribution in [0.25, 0.3) is 0 Å². The average molecular weight is 470 g/mol. The van der Waals surface area contributed by atoms with Crippen LogP contribution >= 0.6 is 0 Å². The Hall–Kier alpha value is -3.61. The van der Waals surface area contributed by atoms with Crippen molar-refractivity contribution in [1.82, 2.24) is 10.2 Å². The molecule has 0 radical (unpaired) electrons. The zero-order valence-corrected chi connectivity index (χ0v) is 19.2. The van der Waals surface area contributed by atoms with Crippen LogP contribution in [0.2, 0.25) is 0 Å². The Labute approximate surface area is 197 Å².